The average Bonchev–Trinajstić information content (AvgIpc) is 1.97. The Hall–Kier alpha value is 0.665. The van der Waals surface area contributed by atoms with E-state index in [0.717, 1.165) is 16.8 Å². The maximum atomic E-state index is 5.86. The van der Waals surface area contributed by atoms with Gasteiger partial charge in [0.1, 0.15) is 5.15 Å². The van der Waals surface area contributed by atoms with Crippen LogP contribution in [0.25, 0.3) is 0 Å². The summed E-state index contributed by atoms with van der Waals surface area (Å²) in [7, 11) is 0. The van der Waals surface area contributed by atoms with Crippen LogP contribution in [0.4, 0.5) is 0 Å². The predicted molar refractivity (Wildman–Crippen MR) is 48.5 cm³/mol. The van der Waals surface area contributed by atoms with Crippen LogP contribution in [0.1, 0.15) is 16.8 Å². The molecule has 1 nitrogen and oxygen atoms in total. The van der Waals surface area contributed by atoms with Crippen molar-refractivity contribution < 1.29 is 27.7 Å². The number of hydrogen-bond donors (Lipinski definition) is 0. The van der Waals surface area contributed by atoms with Crippen LogP contribution in [0.15, 0.2) is 0 Å². The van der Waals surface area contributed by atoms with Gasteiger partial charge < -0.3 is 0 Å². The van der Waals surface area contributed by atoms with Crippen molar-refractivity contribution in [1.29, 1.82) is 0 Å². The van der Waals surface area contributed by atoms with Crippen molar-refractivity contribution in [3.63, 3.8) is 0 Å². The molecule has 1 heterocycles. The number of nitrogens with zero attached hydrogens (tertiary/aromatic N) is 1. The van der Waals surface area contributed by atoms with Crippen LogP contribution in [-0.4, -0.2) is 4.98 Å². The van der Waals surface area contributed by atoms with E-state index in [9.17, 15) is 0 Å². The molecular weight excluding hydrogens is 382 g/mol. The fourth-order valence-electron chi connectivity index (χ4n) is 0.871. The molecule has 1 aromatic rings. The molecule has 0 saturated carbocycles. The largest absolute Gasteiger partial charge is 0.240 e. The van der Waals surface area contributed by atoms with Crippen molar-refractivity contribution in [3.8, 4) is 0 Å². The second-order valence-electron chi connectivity index (χ2n) is 2.55. The second kappa shape index (κ2) is 4.78. The van der Waals surface area contributed by atoms with Gasteiger partial charge in [-0.1, -0.05) is 23.2 Å². The van der Waals surface area contributed by atoms with Gasteiger partial charge >= 0.3 is 0 Å². The number of pyridine rings is 1. The van der Waals surface area contributed by atoms with E-state index in [0.29, 0.717) is 10.2 Å². The van der Waals surface area contributed by atoms with Crippen LogP contribution < -0.4 is 0 Å². The van der Waals surface area contributed by atoms with E-state index in [1.54, 1.807) is 0 Å². The standard InChI is InChI=1S/C8H9Cl2N.Hg/c1-4-5(2)7(9)8(10)11-6(4)3;/h1-3H3;. The van der Waals surface area contributed by atoms with Gasteiger partial charge in [-0.05, 0) is 31.9 Å². The zero-order valence-corrected chi connectivity index (χ0v) is 14.4. The van der Waals surface area contributed by atoms with Gasteiger partial charge in [-0.25, -0.2) is 4.98 Å². The zero-order valence-electron chi connectivity index (χ0n) is 7.41. The molecule has 0 N–H and O–H groups in total. The third kappa shape index (κ3) is 2.33. The van der Waals surface area contributed by atoms with Gasteiger partial charge in [-0.3, -0.25) is 0 Å². The van der Waals surface area contributed by atoms with E-state index < -0.39 is 0 Å². The van der Waals surface area contributed by atoms with Crippen LogP contribution in [0.5, 0.6) is 0 Å². The molecule has 62 valence electrons. The number of halogens is 2. The monoisotopic (exact) mass is 391 g/mol. The summed E-state index contributed by atoms with van der Waals surface area (Å²) in [5.41, 5.74) is 3.07. The quantitative estimate of drug-likeness (QED) is 0.489. The third-order valence-electron chi connectivity index (χ3n) is 1.88. The van der Waals surface area contributed by atoms with Gasteiger partial charge in [-0.15, -0.1) is 0 Å². The molecular formula is C8H9Cl2HgN. The molecule has 0 aliphatic rings. The summed E-state index contributed by atoms with van der Waals surface area (Å²) in [6.07, 6.45) is 0. The predicted octanol–water partition coefficient (Wildman–Crippen LogP) is 3.31. The van der Waals surface area contributed by atoms with Gasteiger partial charge in [0.2, 0.25) is 0 Å². The molecule has 1 aromatic heterocycles. The van der Waals surface area contributed by atoms with Gasteiger partial charge in [-0.2, -0.15) is 0 Å². The molecule has 0 amide bonds. The van der Waals surface area contributed by atoms with Gasteiger partial charge in [0.25, 0.3) is 0 Å². The first-order chi connectivity index (χ1) is 5.04. The van der Waals surface area contributed by atoms with Crippen LogP contribution in [-0.2, 0) is 27.7 Å². The Morgan fingerprint density at radius 3 is 2.00 bits per heavy atom. The smallest absolute Gasteiger partial charge is 0.148 e. The van der Waals surface area contributed by atoms with Crippen molar-refractivity contribution >= 4 is 23.2 Å². The summed E-state index contributed by atoms with van der Waals surface area (Å²) < 4.78 is 0. The van der Waals surface area contributed by atoms with Crippen molar-refractivity contribution in [3.05, 3.63) is 27.0 Å². The Labute approximate surface area is 103 Å². The molecule has 0 aromatic carbocycles. The summed E-state index contributed by atoms with van der Waals surface area (Å²) in [6.45, 7) is 5.85. The molecule has 0 aliphatic carbocycles. The molecule has 4 heteroatoms. The van der Waals surface area contributed by atoms with Crippen LogP contribution in [0.2, 0.25) is 10.2 Å². The van der Waals surface area contributed by atoms with Crippen molar-refractivity contribution in [2.45, 2.75) is 20.8 Å². The summed E-state index contributed by atoms with van der Waals surface area (Å²) in [4.78, 5) is 4.07. The number of aryl methyl sites for hydroxylation is 1. The minimum atomic E-state index is 0. The molecule has 0 fully saturated rings. The Kier molecular flexibility index (Phi) is 5.04. The Morgan fingerprint density at radius 2 is 1.50 bits per heavy atom. The van der Waals surface area contributed by atoms with Crippen LogP contribution in [0.3, 0.4) is 0 Å². The van der Waals surface area contributed by atoms with Crippen molar-refractivity contribution in [2.75, 3.05) is 0 Å². The number of hydrogen-bond acceptors (Lipinski definition) is 1. The zero-order chi connectivity index (χ0) is 8.59. The fourth-order valence-corrected chi connectivity index (χ4v) is 1.32. The van der Waals surface area contributed by atoms with Gasteiger partial charge in [0.15, 0.2) is 0 Å². The van der Waals surface area contributed by atoms with Crippen molar-refractivity contribution in [2.24, 2.45) is 0 Å². The SMILES string of the molecule is Cc1nc(Cl)c(Cl)c(C)c1C.[Hg]. The van der Waals surface area contributed by atoms with Gasteiger partial charge in [0, 0.05) is 33.4 Å². The Morgan fingerprint density at radius 1 is 1.00 bits per heavy atom. The van der Waals surface area contributed by atoms with Crippen LogP contribution >= 0.6 is 23.2 Å². The maximum absolute atomic E-state index is 5.86. The third-order valence-corrected chi connectivity index (χ3v) is 2.71. The Bertz CT molecular complexity index is 273. The molecule has 0 saturated heterocycles. The minimum Gasteiger partial charge on any atom is -0.240 e. The molecule has 0 radical (unpaired) electrons. The van der Waals surface area contributed by atoms with E-state index in [1.165, 1.54) is 0 Å². The second-order valence-corrected chi connectivity index (χ2v) is 3.29. The van der Waals surface area contributed by atoms with E-state index >= 15 is 0 Å². The molecule has 0 unspecified atom stereocenters. The van der Waals surface area contributed by atoms with E-state index in [4.69, 9.17) is 23.2 Å². The molecule has 0 aliphatic heterocycles. The normalized spacial score (nSPS) is 9.42. The first-order valence-electron chi connectivity index (χ1n) is 3.33. The molecule has 12 heavy (non-hydrogen) atoms. The first-order valence-corrected chi connectivity index (χ1v) is 4.08. The maximum Gasteiger partial charge on any atom is 0.148 e. The van der Waals surface area contributed by atoms with Crippen molar-refractivity contribution in [1.82, 2.24) is 4.98 Å². The number of aromatic nitrogens is 1. The van der Waals surface area contributed by atoms with Crippen LogP contribution in [0, 0.1) is 20.8 Å². The average molecular weight is 391 g/mol. The summed E-state index contributed by atoms with van der Waals surface area (Å²) >= 11 is 11.6. The summed E-state index contributed by atoms with van der Waals surface area (Å²) in [5.74, 6) is 0. The van der Waals surface area contributed by atoms with Gasteiger partial charge in [0.05, 0.1) is 5.02 Å². The topological polar surface area (TPSA) is 12.9 Å². The fraction of sp³-hybridized carbons (Fsp3) is 0.375. The van der Waals surface area contributed by atoms with E-state index in [-0.39, 0.29) is 27.7 Å². The molecule has 1 rings (SSSR count). The minimum absolute atomic E-state index is 0. The first kappa shape index (κ1) is 12.7. The summed E-state index contributed by atoms with van der Waals surface area (Å²) in [5, 5.41) is 0.960. The summed E-state index contributed by atoms with van der Waals surface area (Å²) in [6, 6.07) is 0. The molecule has 0 spiro atoms. The van der Waals surface area contributed by atoms with E-state index in [2.05, 4.69) is 4.98 Å². The number of rotatable bonds is 0. The van der Waals surface area contributed by atoms with E-state index in [1.807, 2.05) is 20.8 Å². The Balaban J connectivity index is 0.00000121. The molecule has 0 atom stereocenters. The molecule has 0 bridgehead atoms.